The number of hydrogen-bond donors (Lipinski definition) is 2. The van der Waals surface area contributed by atoms with Crippen LogP contribution in [-0.4, -0.2) is 45.5 Å². The van der Waals surface area contributed by atoms with Crippen LogP contribution in [0.3, 0.4) is 0 Å². The van der Waals surface area contributed by atoms with Gasteiger partial charge in [0.15, 0.2) is 5.70 Å². The first-order valence-electron chi connectivity index (χ1n) is 9.18. The van der Waals surface area contributed by atoms with Crippen molar-refractivity contribution in [1.82, 2.24) is 10.2 Å². The summed E-state index contributed by atoms with van der Waals surface area (Å²) in [6.07, 6.45) is 4.47. The van der Waals surface area contributed by atoms with E-state index in [1.807, 2.05) is 0 Å². The van der Waals surface area contributed by atoms with E-state index in [9.17, 15) is 19.5 Å². The zero-order valence-electron chi connectivity index (χ0n) is 16.3. The highest BCUT2D eigenvalue weighted by Crippen LogP contribution is 2.39. The molecule has 2 amide bonds. The Bertz CT molecular complexity index is 588. The molecule has 0 spiro atoms. The molecule has 2 aliphatic rings. The van der Waals surface area contributed by atoms with E-state index < -0.39 is 17.2 Å². The van der Waals surface area contributed by atoms with Crippen LogP contribution in [0.5, 0.6) is 0 Å². The van der Waals surface area contributed by atoms with Crippen molar-refractivity contribution in [2.45, 2.75) is 71.5 Å². The number of likely N-dealkylation sites (tertiary alicyclic amines) is 1. The van der Waals surface area contributed by atoms with Crippen molar-refractivity contribution in [3.05, 3.63) is 11.9 Å². The van der Waals surface area contributed by atoms with E-state index in [0.29, 0.717) is 12.8 Å². The van der Waals surface area contributed by atoms with Crippen LogP contribution < -0.4 is 5.32 Å². The minimum Gasteiger partial charge on any atom is -0.455 e. The Morgan fingerprint density at radius 3 is 2.08 bits per heavy atom. The van der Waals surface area contributed by atoms with Gasteiger partial charge < -0.3 is 15.2 Å². The van der Waals surface area contributed by atoms with Crippen molar-refractivity contribution in [2.24, 2.45) is 11.8 Å². The van der Waals surface area contributed by atoms with E-state index in [4.69, 9.17) is 4.74 Å². The van der Waals surface area contributed by atoms with Gasteiger partial charge in [-0.3, -0.25) is 9.59 Å². The number of imide groups is 1. The predicted molar refractivity (Wildman–Crippen MR) is 95.5 cm³/mol. The molecular formula is C19H30N2O5. The summed E-state index contributed by atoms with van der Waals surface area (Å²) in [5, 5.41) is 12.7. The zero-order chi connectivity index (χ0) is 19.7. The first-order chi connectivity index (χ1) is 11.9. The second-order valence-electron chi connectivity index (χ2n) is 8.73. The number of carbonyl (C=O) groups is 3. The zero-order valence-corrected chi connectivity index (χ0v) is 16.3. The van der Waals surface area contributed by atoms with Gasteiger partial charge in [0.25, 0.3) is 0 Å². The number of rotatable bonds is 5. The first-order valence-corrected chi connectivity index (χ1v) is 9.18. The van der Waals surface area contributed by atoms with E-state index in [-0.39, 0.29) is 35.9 Å². The molecule has 2 rings (SSSR count). The number of hydrogen-bond acceptors (Lipinski definition) is 6. The monoisotopic (exact) mass is 366 g/mol. The molecule has 0 aromatic heterocycles. The molecule has 0 unspecified atom stereocenters. The van der Waals surface area contributed by atoms with Gasteiger partial charge in [-0.1, -0.05) is 12.8 Å². The largest absolute Gasteiger partial charge is 0.455 e. The SMILES string of the molecule is CC(C)(O)CN/C=C(/C(=O)OC(C)(C)C)N1C(=O)[C@H]2CCCC[C@@H]2C1=O. The lowest BCUT2D eigenvalue weighted by molar-refractivity contribution is -0.156. The Kier molecular flexibility index (Phi) is 5.80. The van der Waals surface area contributed by atoms with Gasteiger partial charge >= 0.3 is 5.97 Å². The number of aliphatic hydroxyl groups is 1. The number of amides is 2. The number of carbonyl (C=O) groups excluding carboxylic acids is 3. The minimum atomic E-state index is -1.01. The van der Waals surface area contributed by atoms with Crippen molar-refractivity contribution in [3.63, 3.8) is 0 Å². The standard InChI is InChI=1S/C19H30N2O5/c1-18(2,3)26-17(24)14(10-20-11-19(4,5)25)21-15(22)12-8-6-7-9-13(12)16(21)23/h10,12-13,20,25H,6-9,11H2,1-5H3/b14-10-/t12-,13-/m0/s1. The summed E-state index contributed by atoms with van der Waals surface area (Å²) in [6, 6.07) is 0. The van der Waals surface area contributed by atoms with Crippen molar-refractivity contribution in [3.8, 4) is 0 Å². The molecule has 1 aliphatic carbocycles. The van der Waals surface area contributed by atoms with Gasteiger partial charge in [0.1, 0.15) is 5.60 Å². The molecule has 1 saturated carbocycles. The summed E-state index contributed by atoms with van der Waals surface area (Å²) < 4.78 is 5.39. The number of nitrogens with one attached hydrogen (secondary N) is 1. The summed E-state index contributed by atoms with van der Waals surface area (Å²) >= 11 is 0. The van der Waals surface area contributed by atoms with Crippen molar-refractivity contribution in [1.29, 1.82) is 0 Å². The number of esters is 1. The van der Waals surface area contributed by atoms with Gasteiger partial charge in [-0.15, -0.1) is 0 Å². The lowest BCUT2D eigenvalue weighted by Crippen LogP contribution is -2.39. The lowest BCUT2D eigenvalue weighted by atomic mass is 9.81. The summed E-state index contributed by atoms with van der Waals surface area (Å²) in [4.78, 5) is 39.2. The van der Waals surface area contributed by atoms with Gasteiger partial charge in [0, 0.05) is 12.7 Å². The van der Waals surface area contributed by atoms with Gasteiger partial charge in [-0.05, 0) is 47.5 Å². The smallest absolute Gasteiger partial charge is 0.357 e. The summed E-state index contributed by atoms with van der Waals surface area (Å²) in [5.74, 6) is -2.10. The molecule has 2 fully saturated rings. The van der Waals surface area contributed by atoms with Crippen LogP contribution in [0.25, 0.3) is 0 Å². The maximum atomic E-state index is 12.8. The Morgan fingerprint density at radius 2 is 1.65 bits per heavy atom. The number of nitrogens with zero attached hydrogens (tertiary/aromatic N) is 1. The van der Waals surface area contributed by atoms with E-state index in [0.717, 1.165) is 17.7 Å². The lowest BCUT2D eigenvalue weighted by Gasteiger charge is -2.24. The highest BCUT2D eigenvalue weighted by Gasteiger charge is 2.51. The number of ether oxygens (including phenoxy) is 1. The fraction of sp³-hybridized carbons (Fsp3) is 0.737. The topological polar surface area (TPSA) is 95.9 Å². The highest BCUT2D eigenvalue weighted by atomic mass is 16.6. The molecule has 0 aromatic rings. The van der Waals surface area contributed by atoms with E-state index in [2.05, 4.69) is 5.32 Å². The van der Waals surface area contributed by atoms with Crippen molar-refractivity contribution in [2.75, 3.05) is 6.54 Å². The molecule has 1 aliphatic heterocycles. The maximum absolute atomic E-state index is 12.8. The van der Waals surface area contributed by atoms with E-state index in [1.54, 1.807) is 34.6 Å². The van der Waals surface area contributed by atoms with Crippen LogP contribution in [0.1, 0.15) is 60.3 Å². The molecule has 26 heavy (non-hydrogen) atoms. The molecule has 7 nitrogen and oxygen atoms in total. The quantitative estimate of drug-likeness (QED) is 0.437. The molecule has 0 aromatic carbocycles. The third-order valence-electron chi connectivity index (χ3n) is 4.46. The Morgan fingerprint density at radius 1 is 1.15 bits per heavy atom. The fourth-order valence-corrected chi connectivity index (χ4v) is 3.34. The van der Waals surface area contributed by atoms with E-state index >= 15 is 0 Å². The second-order valence-corrected chi connectivity index (χ2v) is 8.73. The highest BCUT2D eigenvalue weighted by molar-refractivity contribution is 6.11. The summed E-state index contributed by atoms with van der Waals surface area (Å²) in [5.41, 5.74) is -1.89. The normalized spacial score (nSPS) is 24.5. The molecule has 0 bridgehead atoms. The predicted octanol–water partition coefficient (Wildman–Crippen LogP) is 1.71. The minimum absolute atomic E-state index is 0.117. The maximum Gasteiger partial charge on any atom is 0.357 e. The Balaban J connectivity index is 2.30. The molecule has 1 heterocycles. The third-order valence-corrected chi connectivity index (χ3v) is 4.46. The molecule has 0 radical (unpaired) electrons. The first kappa shape index (κ1) is 20.4. The number of fused-ring (bicyclic) bond motifs is 1. The average molecular weight is 366 g/mol. The third kappa shape index (κ3) is 4.84. The average Bonchev–Trinajstić information content (AvgIpc) is 2.74. The molecule has 146 valence electrons. The van der Waals surface area contributed by atoms with Crippen LogP contribution in [0.2, 0.25) is 0 Å². The van der Waals surface area contributed by atoms with E-state index in [1.165, 1.54) is 6.20 Å². The fourth-order valence-electron chi connectivity index (χ4n) is 3.34. The molecule has 1 saturated heterocycles. The van der Waals surface area contributed by atoms with Crippen LogP contribution in [0.15, 0.2) is 11.9 Å². The van der Waals surface area contributed by atoms with Crippen molar-refractivity contribution >= 4 is 17.8 Å². The summed E-state index contributed by atoms with van der Waals surface area (Å²) in [7, 11) is 0. The molecule has 7 heteroatoms. The second kappa shape index (κ2) is 7.39. The van der Waals surface area contributed by atoms with Gasteiger partial charge in [0.2, 0.25) is 11.8 Å². The molecule has 2 N–H and O–H groups in total. The van der Waals surface area contributed by atoms with Crippen LogP contribution in [0, 0.1) is 11.8 Å². The Labute approximate surface area is 154 Å². The van der Waals surface area contributed by atoms with Crippen LogP contribution >= 0.6 is 0 Å². The molecular weight excluding hydrogens is 336 g/mol. The van der Waals surface area contributed by atoms with Crippen LogP contribution in [-0.2, 0) is 19.1 Å². The summed E-state index contributed by atoms with van der Waals surface area (Å²) in [6.45, 7) is 8.55. The van der Waals surface area contributed by atoms with Gasteiger partial charge in [0.05, 0.1) is 17.4 Å². The van der Waals surface area contributed by atoms with Crippen molar-refractivity contribution < 1.29 is 24.2 Å². The Hall–Kier alpha value is -1.89. The molecule has 2 atom stereocenters. The van der Waals surface area contributed by atoms with Gasteiger partial charge in [-0.25, -0.2) is 9.69 Å². The van der Waals surface area contributed by atoms with Crippen LogP contribution in [0.4, 0.5) is 0 Å². The van der Waals surface area contributed by atoms with Gasteiger partial charge in [-0.2, -0.15) is 0 Å².